The van der Waals surface area contributed by atoms with Gasteiger partial charge in [0.15, 0.2) is 0 Å². The molecular formula is C41H65NO11. The van der Waals surface area contributed by atoms with Crippen molar-refractivity contribution in [3.05, 3.63) is 71.6 Å². The highest BCUT2D eigenvalue weighted by molar-refractivity contribution is 5.96. The van der Waals surface area contributed by atoms with Crippen LogP contribution in [0.1, 0.15) is 75.2 Å². The van der Waals surface area contributed by atoms with E-state index in [2.05, 4.69) is 5.16 Å². The molecule has 0 saturated carbocycles. The van der Waals surface area contributed by atoms with E-state index in [0.29, 0.717) is 18.4 Å². The number of carboxylic acids is 1. The second-order valence-corrected chi connectivity index (χ2v) is 14.2. The molecule has 12 unspecified atom stereocenters. The molecular weight excluding hydrogens is 682 g/mol. The maximum atomic E-state index is 13.7. The van der Waals surface area contributed by atoms with Gasteiger partial charge in [-0.05, 0) is 51.7 Å². The van der Waals surface area contributed by atoms with Crippen LogP contribution in [0, 0.1) is 35.5 Å². The number of aliphatic carboxylic acids is 1. The molecule has 0 amide bonds. The van der Waals surface area contributed by atoms with E-state index in [1.54, 1.807) is 71.1 Å². The minimum Gasteiger partial charge on any atom is -0.490 e. The lowest BCUT2D eigenvalue weighted by molar-refractivity contribution is -0.161. The monoisotopic (exact) mass is 747 g/mol. The van der Waals surface area contributed by atoms with Crippen LogP contribution in [0.25, 0.3) is 0 Å². The Labute approximate surface area is 316 Å². The number of hydrogen-bond acceptors (Lipinski definition) is 11. The predicted molar refractivity (Wildman–Crippen MR) is 206 cm³/mol. The maximum Gasteiger partial charge on any atom is 0.373 e. The van der Waals surface area contributed by atoms with Crippen molar-refractivity contribution in [1.29, 1.82) is 0 Å². The Morgan fingerprint density at radius 3 is 2.32 bits per heavy atom. The van der Waals surface area contributed by atoms with Crippen molar-refractivity contribution in [2.45, 2.75) is 112 Å². The highest BCUT2D eigenvalue weighted by Gasteiger charge is 2.38. The molecule has 1 heterocycles. The van der Waals surface area contributed by atoms with Crippen LogP contribution < -0.4 is 0 Å². The number of nitrogens with zero attached hydrogens (tertiary/aromatic N) is 1. The van der Waals surface area contributed by atoms with Gasteiger partial charge in [-0.1, -0.05) is 100 Å². The summed E-state index contributed by atoms with van der Waals surface area (Å²) in [7, 11) is 2.80. The second kappa shape index (κ2) is 24.0. The quantitative estimate of drug-likeness (QED) is 0.0651. The number of aliphatic hydroxyl groups excluding tert-OH is 4. The largest absolute Gasteiger partial charge is 0.490 e. The van der Waals surface area contributed by atoms with Crippen molar-refractivity contribution in [1.82, 2.24) is 0 Å². The van der Waals surface area contributed by atoms with Crippen LogP contribution >= 0.6 is 0 Å². The van der Waals surface area contributed by atoms with Crippen molar-refractivity contribution in [3.63, 3.8) is 0 Å². The lowest BCUT2D eigenvalue weighted by Gasteiger charge is -2.34. The van der Waals surface area contributed by atoms with E-state index in [1.807, 2.05) is 39.8 Å². The predicted octanol–water partition coefficient (Wildman–Crippen LogP) is 5.54. The van der Waals surface area contributed by atoms with Crippen molar-refractivity contribution < 1.29 is 54.2 Å². The van der Waals surface area contributed by atoms with Crippen molar-refractivity contribution in [2.24, 2.45) is 40.7 Å². The van der Waals surface area contributed by atoms with Gasteiger partial charge in [0.05, 0.1) is 37.2 Å². The summed E-state index contributed by atoms with van der Waals surface area (Å²) in [5.74, 6) is -4.93. The highest BCUT2D eigenvalue weighted by atomic mass is 16.6. The van der Waals surface area contributed by atoms with Gasteiger partial charge in [-0.3, -0.25) is 0 Å². The molecule has 1 aliphatic rings. The molecule has 53 heavy (non-hydrogen) atoms. The van der Waals surface area contributed by atoms with Crippen LogP contribution in [0.4, 0.5) is 0 Å². The van der Waals surface area contributed by atoms with E-state index in [4.69, 9.17) is 24.2 Å². The molecule has 0 radical (unpaired) electrons. The van der Waals surface area contributed by atoms with Gasteiger partial charge in [0.25, 0.3) is 0 Å². The van der Waals surface area contributed by atoms with Crippen LogP contribution in [0.2, 0.25) is 0 Å². The number of carboxylic acid groups (broad SMARTS) is 1. The Hall–Kier alpha value is -3.55. The molecule has 5 N–H and O–H groups in total. The van der Waals surface area contributed by atoms with Crippen LogP contribution in [-0.2, 0) is 28.6 Å². The van der Waals surface area contributed by atoms with Gasteiger partial charge in [0.1, 0.15) is 12.2 Å². The number of aliphatic hydroxyl groups is 4. The van der Waals surface area contributed by atoms with E-state index >= 15 is 0 Å². The van der Waals surface area contributed by atoms with Crippen LogP contribution in [0.3, 0.4) is 0 Å². The topological polar surface area (TPSA) is 185 Å². The van der Waals surface area contributed by atoms with Gasteiger partial charge in [0, 0.05) is 36.7 Å². The molecule has 12 heteroatoms. The maximum absolute atomic E-state index is 13.7. The minimum absolute atomic E-state index is 0.113. The van der Waals surface area contributed by atoms with Crippen molar-refractivity contribution in [2.75, 3.05) is 20.8 Å². The molecule has 300 valence electrons. The van der Waals surface area contributed by atoms with Gasteiger partial charge in [0.2, 0.25) is 12.4 Å². The summed E-state index contributed by atoms with van der Waals surface area (Å²) in [5.41, 5.74) is 1.81. The zero-order valence-electron chi connectivity index (χ0n) is 33.4. The number of allylic oxidation sites excluding steroid dienone is 7. The number of hydrogen-bond donors (Lipinski definition) is 5. The van der Waals surface area contributed by atoms with E-state index in [-0.39, 0.29) is 35.1 Å². The van der Waals surface area contributed by atoms with E-state index < -0.39 is 67.0 Å². The van der Waals surface area contributed by atoms with Gasteiger partial charge in [-0.2, -0.15) is 0 Å². The number of carbonyl (C=O) groups excluding carboxylic acids is 1. The SMILES string of the molecule is CC=CC(O)C(C)C=CC(=NOCC(=O)O)C(C)C(O)C(C)C1OC(=O)C(OC)=CC(C)=CC(C)C(O)C(CC)C(O)C(C)CC(C)=CC=CC1OC. The molecule has 0 bridgehead atoms. The van der Waals surface area contributed by atoms with E-state index in [0.717, 1.165) is 5.57 Å². The van der Waals surface area contributed by atoms with E-state index in [9.17, 15) is 30.0 Å². The molecule has 0 fully saturated rings. The first-order valence-electron chi connectivity index (χ1n) is 18.4. The van der Waals surface area contributed by atoms with Crippen molar-refractivity contribution >= 4 is 17.7 Å². The van der Waals surface area contributed by atoms with Crippen LogP contribution in [0.15, 0.2) is 76.7 Å². The zero-order chi connectivity index (χ0) is 40.4. The molecule has 0 aromatic rings. The third-order valence-corrected chi connectivity index (χ3v) is 9.83. The molecule has 0 saturated heterocycles. The third-order valence-electron chi connectivity index (χ3n) is 9.83. The fourth-order valence-corrected chi connectivity index (χ4v) is 6.46. The number of oxime groups is 1. The smallest absolute Gasteiger partial charge is 0.373 e. The number of carbonyl (C=O) groups is 2. The Morgan fingerprint density at radius 1 is 1.09 bits per heavy atom. The minimum atomic E-state index is -1.23. The van der Waals surface area contributed by atoms with Gasteiger partial charge in [-0.15, -0.1) is 0 Å². The summed E-state index contributed by atoms with van der Waals surface area (Å²) in [6, 6.07) is 0. The first-order valence-corrected chi connectivity index (χ1v) is 18.4. The molecule has 0 spiro atoms. The Kier molecular flexibility index (Phi) is 21.5. The Morgan fingerprint density at radius 2 is 1.75 bits per heavy atom. The standard InChI is InChI=1S/C41H65NO11/c1-12-15-33(43)26(5)18-19-32(42-52-23-36(44)45)29(8)39(48)30(9)40-34(50-10)17-14-16-24(3)20-27(6)37(46)31(13-2)38(47)28(7)21-25(4)22-35(51-11)41(49)53-40/h12,14-19,21-22,26-31,33-34,37-40,43,46-48H,13,20,23H2,1-11H3,(H,44,45). The zero-order valence-corrected chi connectivity index (χ0v) is 33.4. The summed E-state index contributed by atoms with van der Waals surface area (Å²) < 4.78 is 17.4. The normalized spacial score (nSPS) is 28.8. The van der Waals surface area contributed by atoms with Crippen molar-refractivity contribution in [3.8, 4) is 0 Å². The molecule has 1 aliphatic heterocycles. The summed E-state index contributed by atoms with van der Waals surface area (Å²) >= 11 is 0. The van der Waals surface area contributed by atoms with Crippen LogP contribution in [0.5, 0.6) is 0 Å². The van der Waals surface area contributed by atoms with Crippen LogP contribution in [-0.4, -0.2) is 101 Å². The number of esters is 1. The number of rotatable bonds is 14. The average molecular weight is 748 g/mol. The average Bonchev–Trinajstić information content (AvgIpc) is 3.11. The van der Waals surface area contributed by atoms with E-state index in [1.165, 1.54) is 20.3 Å². The fraction of sp³-hybridized carbons (Fsp3) is 0.634. The number of methoxy groups -OCH3 is 2. The van der Waals surface area contributed by atoms with Gasteiger partial charge < -0.3 is 44.6 Å². The summed E-state index contributed by atoms with van der Waals surface area (Å²) in [4.78, 5) is 29.9. The molecule has 12 nitrogen and oxygen atoms in total. The van der Waals surface area contributed by atoms with Gasteiger partial charge in [-0.25, -0.2) is 9.59 Å². The number of ether oxygens (including phenoxy) is 3. The highest BCUT2D eigenvalue weighted by Crippen LogP contribution is 2.30. The second-order valence-electron chi connectivity index (χ2n) is 14.2. The summed E-state index contributed by atoms with van der Waals surface area (Å²) in [5, 5.41) is 57.9. The summed E-state index contributed by atoms with van der Waals surface area (Å²) in [6.07, 6.45) is 11.0. The third kappa shape index (κ3) is 15.4. The first-order chi connectivity index (χ1) is 24.9. The molecule has 0 aromatic carbocycles. The lowest BCUT2D eigenvalue weighted by atomic mass is 9.79. The summed E-state index contributed by atoms with van der Waals surface area (Å²) in [6.45, 7) is 15.7. The molecule has 0 aromatic heterocycles. The molecule has 12 atom stereocenters. The first kappa shape index (κ1) is 47.5. The fourth-order valence-electron chi connectivity index (χ4n) is 6.46. The molecule has 1 rings (SSSR count). The Bertz CT molecular complexity index is 1360. The Balaban J connectivity index is 3.75. The number of cyclic esters (lactones) is 1. The van der Waals surface area contributed by atoms with Gasteiger partial charge >= 0.3 is 11.9 Å². The molecule has 0 aliphatic carbocycles. The lowest BCUT2D eigenvalue weighted by Crippen LogP contribution is -2.45.